The van der Waals surface area contributed by atoms with Crippen molar-refractivity contribution in [3.05, 3.63) is 59.2 Å². The third-order valence-corrected chi connectivity index (χ3v) is 6.03. The van der Waals surface area contributed by atoms with Crippen molar-refractivity contribution in [3.63, 3.8) is 0 Å². The van der Waals surface area contributed by atoms with Gasteiger partial charge in [-0.1, -0.05) is 31.5 Å². The zero-order valence-corrected chi connectivity index (χ0v) is 20.5. The van der Waals surface area contributed by atoms with E-state index in [0.717, 1.165) is 50.9 Å². The summed E-state index contributed by atoms with van der Waals surface area (Å²) < 4.78 is 16.2. The van der Waals surface area contributed by atoms with Gasteiger partial charge in [-0.25, -0.2) is 4.79 Å². The maximum absolute atomic E-state index is 12.2. The summed E-state index contributed by atoms with van der Waals surface area (Å²) in [4.78, 5) is 16.9. The van der Waals surface area contributed by atoms with Gasteiger partial charge in [0.1, 0.15) is 5.76 Å². The smallest absolute Gasteiger partial charge is 0.344 e. The fraction of sp³-hybridized carbons (Fsp3) is 0.444. The van der Waals surface area contributed by atoms with Gasteiger partial charge in [0, 0.05) is 31.9 Å². The standard InChI is InChI=1S/C27H36N2O4/c1-6-29(19-20-13-10-11-14-23(20)28(2)3)16-12-8-7-9-15-24-21-17-25(31-4)26(32-5)18-22(21)27(30)33-24/h10-11,13-15,17-18H,6-9,12,16,19H2,1-5H3/b24-15-. The number of hydrogen-bond acceptors (Lipinski definition) is 6. The number of fused-ring (bicyclic) bond motifs is 1. The van der Waals surface area contributed by atoms with Crippen LogP contribution in [0.1, 0.15) is 54.1 Å². The van der Waals surface area contributed by atoms with Crippen LogP contribution >= 0.6 is 0 Å². The molecule has 2 aromatic rings. The summed E-state index contributed by atoms with van der Waals surface area (Å²) in [5.74, 6) is 1.40. The molecule has 0 amide bonds. The average molecular weight is 453 g/mol. The van der Waals surface area contributed by atoms with Gasteiger partial charge in [-0.05, 0) is 62.2 Å². The molecule has 6 heteroatoms. The molecule has 1 aliphatic heterocycles. The van der Waals surface area contributed by atoms with Gasteiger partial charge in [-0.15, -0.1) is 0 Å². The van der Waals surface area contributed by atoms with Gasteiger partial charge in [0.25, 0.3) is 0 Å². The number of nitrogens with zero attached hydrogens (tertiary/aromatic N) is 2. The molecule has 6 nitrogen and oxygen atoms in total. The van der Waals surface area contributed by atoms with E-state index in [4.69, 9.17) is 14.2 Å². The van der Waals surface area contributed by atoms with Crippen molar-refractivity contribution in [3.8, 4) is 11.5 Å². The summed E-state index contributed by atoms with van der Waals surface area (Å²) >= 11 is 0. The summed E-state index contributed by atoms with van der Waals surface area (Å²) in [6.07, 6.45) is 6.20. The monoisotopic (exact) mass is 452 g/mol. The van der Waals surface area contributed by atoms with Crippen LogP contribution in [-0.2, 0) is 11.3 Å². The van der Waals surface area contributed by atoms with E-state index in [1.165, 1.54) is 11.3 Å². The zero-order chi connectivity index (χ0) is 23.8. The second kappa shape index (κ2) is 11.8. The first-order valence-electron chi connectivity index (χ1n) is 11.6. The Balaban J connectivity index is 1.50. The van der Waals surface area contributed by atoms with Crippen LogP contribution in [0.25, 0.3) is 5.76 Å². The first kappa shape index (κ1) is 24.6. The van der Waals surface area contributed by atoms with Crippen molar-refractivity contribution < 1.29 is 19.0 Å². The van der Waals surface area contributed by atoms with Crippen molar-refractivity contribution in [2.75, 3.05) is 46.3 Å². The number of allylic oxidation sites excluding steroid dienone is 1. The minimum absolute atomic E-state index is 0.339. The topological polar surface area (TPSA) is 51.2 Å². The van der Waals surface area contributed by atoms with Gasteiger partial charge in [0.15, 0.2) is 11.5 Å². The Morgan fingerprint density at radius 1 is 0.970 bits per heavy atom. The highest BCUT2D eigenvalue weighted by atomic mass is 16.5. The summed E-state index contributed by atoms with van der Waals surface area (Å²) in [6, 6.07) is 12.1. The number of para-hydroxylation sites is 1. The molecule has 3 rings (SSSR count). The molecule has 0 fully saturated rings. The minimum atomic E-state index is -0.339. The summed E-state index contributed by atoms with van der Waals surface area (Å²) in [6.45, 7) is 5.29. The van der Waals surface area contributed by atoms with Crippen molar-refractivity contribution in [1.82, 2.24) is 4.90 Å². The van der Waals surface area contributed by atoms with Crippen molar-refractivity contribution in [2.45, 2.75) is 39.2 Å². The number of carbonyl (C=O) groups excluding carboxylic acids is 1. The molecular formula is C27H36N2O4. The maximum Gasteiger partial charge on any atom is 0.344 e. The van der Waals surface area contributed by atoms with E-state index in [2.05, 4.69) is 55.1 Å². The fourth-order valence-electron chi connectivity index (χ4n) is 4.17. The first-order chi connectivity index (χ1) is 16.0. The molecule has 0 radical (unpaired) electrons. The molecule has 33 heavy (non-hydrogen) atoms. The Morgan fingerprint density at radius 2 is 1.67 bits per heavy atom. The van der Waals surface area contributed by atoms with Gasteiger partial charge in [-0.3, -0.25) is 4.90 Å². The average Bonchev–Trinajstić information content (AvgIpc) is 3.13. The first-order valence-corrected chi connectivity index (χ1v) is 11.6. The molecule has 0 saturated carbocycles. The predicted molar refractivity (Wildman–Crippen MR) is 133 cm³/mol. The normalized spacial score (nSPS) is 13.9. The van der Waals surface area contributed by atoms with Crippen LogP contribution in [0.3, 0.4) is 0 Å². The highest BCUT2D eigenvalue weighted by Crippen LogP contribution is 2.38. The summed E-state index contributed by atoms with van der Waals surface area (Å²) in [5, 5.41) is 0. The van der Waals surface area contributed by atoms with Crippen LogP contribution in [-0.4, -0.2) is 52.3 Å². The molecule has 1 heterocycles. The molecule has 0 N–H and O–H groups in total. The highest BCUT2D eigenvalue weighted by Gasteiger charge is 2.28. The molecule has 178 valence electrons. The van der Waals surface area contributed by atoms with Crippen molar-refractivity contribution in [1.29, 1.82) is 0 Å². The van der Waals surface area contributed by atoms with E-state index < -0.39 is 0 Å². The van der Waals surface area contributed by atoms with Gasteiger partial charge >= 0.3 is 5.97 Å². The molecule has 0 atom stereocenters. The van der Waals surface area contributed by atoms with Gasteiger partial charge < -0.3 is 19.1 Å². The molecule has 0 unspecified atom stereocenters. The lowest BCUT2D eigenvalue weighted by Crippen LogP contribution is -2.25. The number of benzene rings is 2. The third kappa shape index (κ3) is 6.08. The van der Waals surface area contributed by atoms with Crippen LogP contribution in [0, 0.1) is 0 Å². The van der Waals surface area contributed by atoms with E-state index in [-0.39, 0.29) is 5.97 Å². The van der Waals surface area contributed by atoms with Gasteiger partial charge in [-0.2, -0.15) is 0 Å². The molecule has 0 saturated heterocycles. The van der Waals surface area contributed by atoms with E-state index >= 15 is 0 Å². The second-order valence-corrected chi connectivity index (χ2v) is 8.45. The molecule has 0 aromatic heterocycles. The van der Waals surface area contributed by atoms with E-state index in [9.17, 15) is 4.79 Å². The lowest BCUT2D eigenvalue weighted by Gasteiger charge is -2.24. The number of cyclic esters (lactones) is 1. The second-order valence-electron chi connectivity index (χ2n) is 8.45. The molecule has 0 aliphatic carbocycles. The Bertz CT molecular complexity index is 984. The number of unbranched alkanes of at least 4 members (excludes halogenated alkanes) is 3. The van der Waals surface area contributed by atoms with E-state index in [0.29, 0.717) is 22.8 Å². The lowest BCUT2D eigenvalue weighted by molar-refractivity contribution is 0.0715. The number of ether oxygens (including phenoxy) is 3. The van der Waals surface area contributed by atoms with E-state index in [1.807, 2.05) is 12.1 Å². The Morgan fingerprint density at radius 3 is 2.33 bits per heavy atom. The van der Waals surface area contributed by atoms with Crippen molar-refractivity contribution >= 4 is 17.4 Å². The number of anilines is 1. The van der Waals surface area contributed by atoms with E-state index in [1.54, 1.807) is 20.3 Å². The molecular weight excluding hydrogens is 416 g/mol. The Hall–Kier alpha value is -2.99. The third-order valence-electron chi connectivity index (χ3n) is 6.03. The Labute approximate surface area is 197 Å². The molecule has 0 spiro atoms. The van der Waals surface area contributed by atoms with Gasteiger partial charge in [0.05, 0.1) is 19.8 Å². The molecule has 1 aliphatic rings. The number of hydrogen-bond donors (Lipinski definition) is 0. The SMILES string of the molecule is CCN(CCCCC/C=C1\OC(=O)c2cc(OC)c(OC)cc21)Cc1ccccc1N(C)C. The minimum Gasteiger partial charge on any atom is -0.493 e. The zero-order valence-electron chi connectivity index (χ0n) is 20.5. The predicted octanol–water partition coefficient (Wildman–Crippen LogP) is 5.36. The Kier molecular flexibility index (Phi) is 8.78. The number of esters is 1. The largest absolute Gasteiger partial charge is 0.493 e. The number of methoxy groups -OCH3 is 2. The van der Waals surface area contributed by atoms with Crippen LogP contribution in [0.15, 0.2) is 42.5 Å². The highest BCUT2D eigenvalue weighted by molar-refractivity contribution is 6.03. The fourth-order valence-corrected chi connectivity index (χ4v) is 4.17. The number of rotatable bonds is 12. The van der Waals surface area contributed by atoms with Gasteiger partial charge in [0.2, 0.25) is 0 Å². The maximum atomic E-state index is 12.2. The quantitative estimate of drug-likeness (QED) is 0.319. The van der Waals surface area contributed by atoms with Crippen LogP contribution in [0.5, 0.6) is 11.5 Å². The summed E-state index contributed by atoms with van der Waals surface area (Å²) in [7, 11) is 7.33. The lowest BCUT2D eigenvalue weighted by atomic mass is 10.1. The molecule has 2 aromatic carbocycles. The number of carbonyl (C=O) groups is 1. The summed E-state index contributed by atoms with van der Waals surface area (Å²) in [5.41, 5.74) is 3.94. The van der Waals surface area contributed by atoms with Crippen LogP contribution < -0.4 is 14.4 Å². The van der Waals surface area contributed by atoms with Crippen molar-refractivity contribution in [2.24, 2.45) is 0 Å². The molecule has 0 bridgehead atoms. The van der Waals surface area contributed by atoms with Crippen LogP contribution in [0.2, 0.25) is 0 Å². The van der Waals surface area contributed by atoms with Crippen LogP contribution in [0.4, 0.5) is 5.69 Å².